The van der Waals surface area contributed by atoms with Gasteiger partial charge in [0.15, 0.2) is 0 Å². The van der Waals surface area contributed by atoms with Gasteiger partial charge in [0.1, 0.15) is 0 Å². The Morgan fingerprint density at radius 3 is 2.29 bits per heavy atom. The lowest BCUT2D eigenvalue weighted by molar-refractivity contribution is -0.156. The van der Waals surface area contributed by atoms with E-state index in [-0.39, 0.29) is 10.3 Å². The zero-order chi connectivity index (χ0) is 10.8. The van der Waals surface area contributed by atoms with Gasteiger partial charge in [-0.3, -0.25) is 4.79 Å². The summed E-state index contributed by atoms with van der Waals surface area (Å²) in [5, 5.41) is 9.40. The zero-order valence-electron chi connectivity index (χ0n) is 8.93. The highest BCUT2D eigenvalue weighted by molar-refractivity contribution is 6.25. The van der Waals surface area contributed by atoms with Crippen LogP contribution in [-0.2, 0) is 4.79 Å². The van der Waals surface area contributed by atoms with E-state index in [9.17, 15) is 9.90 Å². The summed E-state index contributed by atoms with van der Waals surface area (Å²) in [6.07, 6.45) is 2.52. The molecular formula is C11H17ClO2. The lowest BCUT2D eigenvalue weighted by atomic mass is 9.60. The van der Waals surface area contributed by atoms with Crippen LogP contribution in [0.1, 0.15) is 40.0 Å². The first-order valence-electron chi connectivity index (χ1n) is 5.18. The number of hydrogen-bond donors (Lipinski definition) is 1. The predicted molar refractivity (Wildman–Crippen MR) is 55.4 cm³/mol. The molecule has 3 heteroatoms. The van der Waals surface area contributed by atoms with Gasteiger partial charge in [0.2, 0.25) is 0 Å². The number of hydrogen-bond acceptors (Lipinski definition) is 1. The number of carboxylic acids is 1. The van der Waals surface area contributed by atoms with E-state index >= 15 is 0 Å². The molecule has 0 aliphatic heterocycles. The molecule has 1 unspecified atom stereocenters. The molecule has 14 heavy (non-hydrogen) atoms. The van der Waals surface area contributed by atoms with Gasteiger partial charge < -0.3 is 5.11 Å². The molecule has 2 aliphatic rings. The summed E-state index contributed by atoms with van der Waals surface area (Å²) in [6.45, 7) is 6.02. The van der Waals surface area contributed by atoms with Crippen molar-refractivity contribution in [2.75, 3.05) is 0 Å². The van der Waals surface area contributed by atoms with Crippen LogP contribution in [0.4, 0.5) is 0 Å². The minimum absolute atomic E-state index is 0.309. The number of rotatable bonds is 1. The fourth-order valence-corrected chi connectivity index (χ4v) is 3.88. The molecule has 0 heterocycles. The van der Waals surface area contributed by atoms with Crippen molar-refractivity contribution < 1.29 is 9.90 Å². The Labute approximate surface area is 89.6 Å². The highest BCUT2D eigenvalue weighted by atomic mass is 35.5. The minimum Gasteiger partial charge on any atom is -0.481 e. The van der Waals surface area contributed by atoms with Gasteiger partial charge in [-0.25, -0.2) is 0 Å². The van der Waals surface area contributed by atoms with Crippen LogP contribution in [0.15, 0.2) is 0 Å². The van der Waals surface area contributed by atoms with E-state index in [0.717, 1.165) is 19.3 Å². The summed E-state index contributed by atoms with van der Waals surface area (Å²) in [6, 6.07) is 0. The number of halogens is 1. The minimum atomic E-state index is -0.658. The molecule has 1 N–H and O–H groups in total. The van der Waals surface area contributed by atoms with Crippen molar-refractivity contribution in [3.63, 3.8) is 0 Å². The Morgan fingerprint density at radius 1 is 1.43 bits per heavy atom. The molecule has 2 aliphatic carbocycles. The molecule has 0 aromatic heterocycles. The van der Waals surface area contributed by atoms with E-state index in [0.29, 0.717) is 5.92 Å². The molecule has 0 saturated heterocycles. The molecule has 0 radical (unpaired) electrons. The number of carbonyl (C=O) groups is 1. The van der Waals surface area contributed by atoms with E-state index in [1.807, 2.05) is 20.8 Å². The van der Waals surface area contributed by atoms with Crippen LogP contribution in [0.5, 0.6) is 0 Å². The standard InChI is InChI=1S/C11H17ClO2/c1-9(2)10(3,12)7-4-5-11(9,6-7)8(13)14/h7H,4-6H2,1-3H3,(H,13,14)/t7-,10?,11+/m1/s1. The van der Waals surface area contributed by atoms with Crippen LogP contribution >= 0.6 is 11.6 Å². The Balaban J connectivity index is 2.52. The van der Waals surface area contributed by atoms with Crippen LogP contribution in [0.2, 0.25) is 0 Å². The van der Waals surface area contributed by atoms with Gasteiger partial charge >= 0.3 is 5.97 Å². The van der Waals surface area contributed by atoms with Crippen LogP contribution in [0.25, 0.3) is 0 Å². The number of carboxylic acid groups (broad SMARTS) is 1. The van der Waals surface area contributed by atoms with Gasteiger partial charge in [-0.1, -0.05) is 13.8 Å². The summed E-state index contributed by atoms with van der Waals surface area (Å²) < 4.78 is 0. The molecular weight excluding hydrogens is 200 g/mol. The van der Waals surface area contributed by atoms with E-state index in [1.54, 1.807) is 0 Å². The lowest BCUT2D eigenvalue weighted by Gasteiger charge is -2.47. The highest BCUT2D eigenvalue weighted by Crippen LogP contribution is 2.70. The molecule has 0 spiro atoms. The van der Waals surface area contributed by atoms with Gasteiger partial charge in [-0.15, -0.1) is 11.6 Å². The van der Waals surface area contributed by atoms with Crippen molar-refractivity contribution in [2.45, 2.75) is 44.9 Å². The summed E-state index contributed by atoms with van der Waals surface area (Å²) in [5.74, 6) is -0.287. The number of fused-ring (bicyclic) bond motifs is 2. The molecule has 2 fully saturated rings. The maximum Gasteiger partial charge on any atom is 0.310 e. The second-order valence-electron chi connectivity index (χ2n) is 5.53. The molecule has 0 aromatic carbocycles. The second kappa shape index (κ2) is 2.46. The van der Waals surface area contributed by atoms with Crippen molar-refractivity contribution in [3.8, 4) is 0 Å². The molecule has 3 atom stereocenters. The average Bonchev–Trinajstić information content (AvgIpc) is 2.52. The van der Waals surface area contributed by atoms with Crippen LogP contribution < -0.4 is 0 Å². The van der Waals surface area contributed by atoms with Crippen molar-refractivity contribution >= 4 is 17.6 Å². The fraction of sp³-hybridized carbons (Fsp3) is 0.909. The smallest absolute Gasteiger partial charge is 0.310 e. The Hall–Kier alpha value is -0.240. The molecule has 2 nitrogen and oxygen atoms in total. The van der Waals surface area contributed by atoms with Gasteiger partial charge in [0, 0.05) is 5.41 Å². The molecule has 2 saturated carbocycles. The van der Waals surface area contributed by atoms with Gasteiger partial charge in [0.25, 0.3) is 0 Å². The monoisotopic (exact) mass is 216 g/mol. The summed E-state index contributed by atoms with van der Waals surface area (Å²) >= 11 is 6.53. The third-order valence-corrected chi connectivity index (χ3v) is 5.89. The van der Waals surface area contributed by atoms with E-state index in [2.05, 4.69) is 0 Å². The van der Waals surface area contributed by atoms with Crippen molar-refractivity contribution in [3.05, 3.63) is 0 Å². The molecule has 0 amide bonds. The van der Waals surface area contributed by atoms with Gasteiger partial charge in [-0.2, -0.15) is 0 Å². The third kappa shape index (κ3) is 0.820. The quantitative estimate of drug-likeness (QED) is 0.685. The van der Waals surface area contributed by atoms with Crippen molar-refractivity contribution in [2.24, 2.45) is 16.7 Å². The second-order valence-corrected chi connectivity index (χ2v) is 6.31. The number of aliphatic carboxylic acids is 1. The molecule has 2 rings (SSSR count). The lowest BCUT2D eigenvalue weighted by Crippen LogP contribution is -2.50. The van der Waals surface area contributed by atoms with Crippen LogP contribution in [-0.4, -0.2) is 16.0 Å². The zero-order valence-corrected chi connectivity index (χ0v) is 9.69. The fourth-order valence-electron chi connectivity index (χ4n) is 3.52. The first-order valence-corrected chi connectivity index (χ1v) is 5.56. The van der Waals surface area contributed by atoms with Gasteiger partial charge in [-0.05, 0) is 32.1 Å². The van der Waals surface area contributed by atoms with E-state index in [4.69, 9.17) is 11.6 Å². The molecule has 2 bridgehead atoms. The SMILES string of the molecule is CC1(Cl)[C@@H]2CC[C@@](C(=O)O)(C2)C1(C)C. The van der Waals surface area contributed by atoms with Crippen LogP contribution in [0.3, 0.4) is 0 Å². The van der Waals surface area contributed by atoms with Crippen molar-refractivity contribution in [1.82, 2.24) is 0 Å². The largest absolute Gasteiger partial charge is 0.481 e. The normalized spacial score (nSPS) is 49.6. The summed E-state index contributed by atoms with van der Waals surface area (Å²) in [7, 11) is 0. The predicted octanol–water partition coefficient (Wildman–Crippen LogP) is 2.89. The van der Waals surface area contributed by atoms with E-state index in [1.165, 1.54) is 0 Å². The number of alkyl halides is 1. The Kier molecular flexibility index (Phi) is 1.81. The van der Waals surface area contributed by atoms with Crippen LogP contribution in [0, 0.1) is 16.7 Å². The Bertz CT molecular complexity index is 296. The molecule has 80 valence electrons. The topological polar surface area (TPSA) is 37.3 Å². The van der Waals surface area contributed by atoms with E-state index < -0.39 is 11.4 Å². The first kappa shape index (κ1) is 10.3. The maximum absolute atomic E-state index is 11.4. The summed E-state index contributed by atoms with van der Waals surface area (Å²) in [5.41, 5.74) is -0.884. The first-order chi connectivity index (χ1) is 6.26. The highest BCUT2D eigenvalue weighted by Gasteiger charge is 2.71. The molecule has 0 aromatic rings. The average molecular weight is 217 g/mol. The Morgan fingerprint density at radius 2 is 2.00 bits per heavy atom. The third-order valence-electron chi connectivity index (χ3n) is 5.11. The van der Waals surface area contributed by atoms with Crippen molar-refractivity contribution in [1.29, 1.82) is 0 Å². The summed E-state index contributed by atoms with van der Waals surface area (Å²) in [4.78, 5) is 11.1. The maximum atomic E-state index is 11.4. The van der Waals surface area contributed by atoms with Gasteiger partial charge in [0.05, 0.1) is 10.3 Å².